The lowest BCUT2D eigenvalue weighted by Gasteiger charge is -2.43. The summed E-state index contributed by atoms with van der Waals surface area (Å²) in [5, 5.41) is 0. The van der Waals surface area contributed by atoms with Gasteiger partial charge in [-0.3, -0.25) is 4.90 Å². The molecule has 0 spiro atoms. The van der Waals surface area contributed by atoms with Gasteiger partial charge < -0.3 is 4.90 Å². The van der Waals surface area contributed by atoms with E-state index in [4.69, 9.17) is 4.99 Å². The fraction of sp³-hybridized carbons (Fsp3) is 0.696. The molecule has 1 unspecified atom stereocenters. The van der Waals surface area contributed by atoms with Gasteiger partial charge in [-0.05, 0) is 63.1 Å². The number of benzene rings is 1. The van der Waals surface area contributed by atoms with Crippen LogP contribution < -0.4 is 0 Å². The van der Waals surface area contributed by atoms with E-state index < -0.39 is 10.0 Å². The Kier molecular flexibility index (Phi) is 5.64. The number of sulfonamides is 1. The Hall–Kier alpha value is -1.60. The summed E-state index contributed by atoms with van der Waals surface area (Å²) < 4.78 is 28.8. The standard InChI is InChI=1S/C23H36N4O2S/c1-17(2)18-8-10-20(11-9-18)30(28,29)27-16-21(19-6-7-19)24-22(27)25-12-14-26(15-13-25)23(3,4)5/h8-11,17,19,21H,6-7,12-16H2,1-5H3. The zero-order chi connectivity index (χ0) is 21.7. The molecule has 1 aromatic rings. The Balaban J connectivity index is 1.57. The Morgan fingerprint density at radius 3 is 2.10 bits per heavy atom. The first-order valence-electron chi connectivity index (χ1n) is 11.3. The number of rotatable bonds is 4. The number of hydrogen-bond acceptors (Lipinski definition) is 5. The molecule has 7 heteroatoms. The van der Waals surface area contributed by atoms with E-state index in [1.807, 2.05) is 12.1 Å². The molecule has 1 atom stereocenters. The maximum Gasteiger partial charge on any atom is 0.266 e. The Morgan fingerprint density at radius 1 is 1.00 bits per heavy atom. The second kappa shape index (κ2) is 7.83. The molecule has 0 radical (unpaired) electrons. The van der Waals surface area contributed by atoms with Crippen molar-refractivity contribution < 1.29 is 8.42 Å². The minimum Gasteiger partial charge on any atom is -0.339 e. The quantitative estimate of drug-likeness (QED) is 0.732. The van der Waals surface area contributed by atoms with Gasteiger partial charge in [0.1, 0.15) is 0 Å². The number of aliphatic imine (C=N–C) groups is 1. The van der Waals surface area contributed by atoms with Crippen LogP contribution in [0.15, 0.2) is 34.2 Å². The first-order chi connectivity index (χ1) is 14.1. The fourth-order valence-corrected chi connectivity index (χ4v) is 5.88. The van der Waals surface area contributed by atoms with Gasteiger partial charge in [-0.2, -0.15) is 0 Å². The van der Waals surface area contributed by atoms with Crippen molar-refractivity contribution in [2.24, 2.45) is 10.9 Å². The molecular weight excluding hydrogens is 396 g/mol. The lowest BCUT2D eigenvalue weighted by molar-refractivity contribution is 0.0859. The third-order valence-electron chi connectivity index (χ3n) is 6.67. The van der Waals surface area contributed by atoms with E-state index in [0.29, 0.717) is 29.2 Å². The topological polar surface area (TPSA) is 56.2 Å². The van der Waals surface area contributed by atoms with Crippen molar-refractivity contribution in [3.05, 3.63) is 29.8 Å². The van der Waals surface area contributed by atoms with Crippen molar-refractivity contribution in [1.29, 1.82) is 0 Å². The van der Waals surface area contributed by atoms with Gasteiger partial charge >= 0.3 is 0 Å². The molecule has 3 aliphatic rings. The second-order valence-corrected chi connectivity index (χ2v) is 12.1. The summed E-state index contributed by atoms with van der Waals surface area (Å²) in [7, 11) is -3.61. The molecule has 2 aliphatic heterocycles. The van der Waals surface area contributed by atoms with Gasteiger partial charge in [0.15, 0.2) is 0 Å². The first-order valence-corrected chi connectivity index (χ1v) is 12.7. The molecule has 0 aromatic heterocycles. The molecule has 1 aliphatic carbocycles. The number of guanidine groups is 1. The average molecular weight is 433 g/mol. The predicted molar refractivity (Wildman–Crippen MR) is 121 cm³/mol. The van der Waals surface area contributed by atoms with Crippen LogP contribution in [0.25, 0.3) is 0 Å². The summed E-state index contributed by atoms with van der Waals surface area (Å²) in [4.78, 5) is 9.96. The Labute approximate surface area is 182 Å². The smallest absolute Gasteiger partial charge is 0.266 e. The normalized spacial score (nSPS) is 23.9. The van der Waals surface area contributed by atoms with Gasteiger partial charge in [-0.25, -0.2) is 17.7 Å². The van der Waals surface area contributed by atoms with E-state index in [1.54, 1.807) is 16.4 Å². The largest absolute Gasteiger partial charge is 0.339 e. The molecule has 6 nitrogen and oxygen atoms in total. The van der Waals surface area contributed by atoms with E-state index in [9.17, 15) is 8.42 Å². The minimum atomic E-state index is -3.61. The molecular formula is C23H36N4O2S. The maximum absolute atomic E-state index is 13.6. The summed E-state index contributed by atoms with van der Waals surface area (Å²) in [6.07, 6.45) is 2.33. The van der Waals surface area contributed by atoms with Gasteiger partial charge in [-0.15, -0.1) is 0 Å². The summed E-state index contributed by atoms with van der Waals surface area (Å²) in [5.74, 6) is 1.58. The minimum absolute atomic E-state index is 0.102. The lowest BCUT2D eigenvalue weighted by atomic mass is 10.0. The number of piperazine rings is 1. The summed E-state index contributed by atoms with van der Waals surface area (Å²) in [6, 6.07) is 7.48. The van der Waals surface area contributed by atoms with Crippen molar-refractivity contribution in [3.63, 3.8) is 0 Å². The zero-order valence-electron chi connectivity index (χ0n) is 19.0. The number of nitrogens with zero attached hydrogens (tertiary/aromatic N) is 4. The Morgan fingerprint density at radius 2 is 1.60 bits per heavy atom. The van der Waals surface area contributed by atoms with Gasteiger partial charge in [0.25, 0.3) is 10.0 Å². The molecule has 0 bridgehead atoms. The molecule has 0 N–H and O–H groups in total. The first kappa shape index (κ1) is 21.6. The Bertz CT molecular complexity index is 890. The van der Waals surface area contributed by atoms with E-state index in [1.165, 1.54) is 0 Å². The molecule has 30 heavy (non-hydrogen) atoms. The van der Waals surface area contributed by atoms with Gasteiger partial charge in [-0.1, -0.05) is 26.0 Å². The zero-order valence-corrected chi connectivity index (χ0v) is 19.8. The highest BCUT2D eigenvalue weighted by Crippen LogP contribution is 2.38. The van der Waals surface area contributed by atoms with Crippen LogP contribution in [-0.4, -0.2) is 72.8 Å². The van der Waals surface area contributed by atoms with E-state index >= 15 is 0 Å². The SMILES string of the molecule is CC(C)c1ccc(S(=O)(=O)N2CC(C3CC3)N=C2N2CCN(C(C)(C)C)CC2)cc1. The summed E-state index contributed by atoms with van der Waals surface area (Å²) in [6.45, 7) is 14.9. The molecule has 1 aromatic carbocycles. The van der Waals surface area contributed by atoms with Crippen LogP contribution in [0.5, 0.6) is 0 Å². The molecule has 166 valence electrons. The third-order valence-corrected chi connectivity index (χ3v) is 8.43. The molecule has 1 saturated carbocycles. The van der Waals surface area contributed by atoms with Crippen LogP contribution in [0, 0.1) is 5.92 Å². The molecule has 1 saturated heterocycles. The highest BCUT2D eigenvalue weighted by molar-refractivity contribution is 7.89. The second-order valence-electron chi connectivity index (χ2n) is 10.2. The monoisotopic (exact) mass is 432 g/mol. The van der Waals surface area contributed by atoms with Crippen LogP contribution in [0.3, 0.4) is 0 Å². The van der Waals surface area contributed by atoms with Crippen LogP contribution in [0.4, 0.5) is 0 Å². The van der Waals surface area contributed by atoms with Crippen molar-refractivity contribution in [2.45, 2.75) is 69.9 Å². The molecule has 0 amide bonds. The van der Waals surface area contributed by atoms with Gasteiger partial charge in [0.05, 0.1) is 17.5 Å². The van der Waals surface area contributed by atoms with Crippen LogP contribution in [0.1, 0.15) is 58.9 Å². The highest BCUT2D eigenvalue weighted by Gasteiger charge is 2.44. The fourth-order valence-electron chi connectivity index (χ4n) is 4.41. The van der Waals surface area contributed by atoms with Gasteiger partial charge in [0.2, 0.25) is 5.96 Å². The van der Waals surface area contributed by atoms with Crippen molar-refractivity contribution in [3.8, 4) is 0 Å². The van der Waals surface area contributed by atoms with Crippen molar-refractivity contribution in [2.75, 3.05) is 32.7 Å². The molecule has 2 fully saturated rings. The van der Waals surface area contributed by atoms with Crippen LogP contribution >= 0.6 is 0 Å². The van der Waals surface area contributed by atoms with E-state index in [0.717, 1.165) is 44.6 Å². The molecule has 2 heterocycles. The third kappa shape index (κ3) is 4.24. The maximum atomic E-state index is 13.6. The lowest BCUT2D eigenvalue weighted by Crippen LogP contribution is -2.57. The predicted octanol–water partition coefficient (Wildman–Crippen LogP) is 3.37. The molecule has 4 rings (SSSR count). The average Bonchev–Trinajstić information content (AvgIpc) is 3.45. The highest BCUT2D eigenvalue weighted by atomic mass is 32.2. The van der Waals surface area contributed by atoms with Crippen LogP contribution in [0.2, 0.25) is 0 Å². The summed E-state index contributed by atoms with van der Waals surface area (Å²) in [5.41, 5.74) is 1.28. The van der Waals surface area contributed by atoms with Crippen molar-refractivity contribution >= 4 is 16.0 Å². The van der Waals surface area contributed by atoms with Gasteiger partial charge in [0, 0.05) is 31.7 Å². The number of hydrogen-bond donors (Lipinski definition) is 0. The van der Waals surface area contributed by atoms with Crippen molar-refractivity contribution in [1.82, 2.24) is 14.1 Å². The van der Waals surface area contributed by atoms with E-state index in [2.05, 4.69) is 44.4 Å². The van der Waals surface area contributed by atoms with Crippen LogP contribution in [-0.2, 0) is 10.0 Å². The van der Waals surface area contributed by atoms with E-state index in [-0.39, 0.29) is 11.6 Å². The summed E-state index contributed by atoms with van der Waals surface area (Å²) >= 11 is 0.